The number of nitrogens with one attached hydrogen (secondary N) is 1. The first-order valence-electron chi connectivity index (χ1n) is 7.80. The molecule has 0 saturated heterocycles. The number of carbonyl (C=O) groups excluding carboxylic acids is 1. The van der Waals surface area contributed by atoms with Crippen molar-refractivity contribution < 1.29 is 13.2 Å². The van der Waals surface area contributed by atoms with Gasteiger partial charge in [-0.2, -0.15) is 0 Å². The molecule has 0 saturated carbocycles. The number of benzene rings is 2. The molecule has 134 valence electrons. The van der Waals surface area contributed by atoms with Crippen molar-refractivity contribution in [3.63, 3.8) is 0 Å². The third kappa shape index (κ3) is 4.75. The maximum atomic E-state index is 12.1. The van der Waals surface area contributed by atoms with Crippen LogP contribution in [-0.4, -0.2) is 19.3 Å². The van der Waals surface area contributed by atoms with E-state index in [1.54, 1.807) is 12.1 Å². The Bertz CT molecular complexity index is 998. The monoisotopic (exact) mass is 387 g/mol. The van der Waals surface area contributed by atoms with Gasteiger partial charge in [0.25, 0.3) is 0 Å². The number of carbonyl (C=O) groups is 1. The molecule has 3 rings (SSSR count). The SMILES string of the molecule is NS(=O)(=O)c1ccc(-c2csc(CC(=O)NCc3ccccc3)n2)cc1. The molecule has 1 heterocycles. The Labute approximate surface area is 155 Å². The van der Waals surface area contributed by atoms with Crippen molar-refractivity contribution in [3.05, 3.63) is 70.5 Å². The Hall–Kier alpha value is -2.55. The summed E-state index contributed by atoms with van der Waals surface area (Å²) in [5, 5.41) is 10.5. The molecule has 0 aliphatic heterocycles. The first-order valence-corrected chi connectivity index (χ1v) is 10.2. The maximum Gasteiger partial charge on any atom is 0.238 e. The van der Waals surface area contributed by atoms with Gasteiger partial charge in [0.15, 0.2) is 0 Å². The van der Waals surface area contributed by atoms with Gasteiger partial charge in [0.2, 0.25) is 15.9 Å². The normalized spacial score (nSPS) is 11.3. The lowest BCUT2D eigenvalue weighted by Crippen LogP contribution is -2.24. The Balaban J connectivity index is 1.61. The third-order valence-corrected chi connectivity index (χ3v) is 5.45. The topological polar surface area (TPSA) is 102 Å². The fraction of sp³-hybridized carbons (Fsp3) is 0.111. The van der Waals surface area contributed by atoms with Crippen molar-refractivity contribution in [2.75, 3.05) is 0 Å². The van der Waals surface area contributed by atoms with Gasteiger partial charge in [-0.3, -0.25) is 4.79 Å². The molecule has 0 radical (unpaired) electrons. The molecule has 26 heavy (non-hydrogen) atoms. The van der Waals surface area contributed by atoms with E-state index < -0.39 is 10.0 Å². The van der Waals surface area contributed by atoms with Crippen LogP contribution in [0.15, 0.2) is 64.9 Å². The Morgan fingerprint density at radius 2 is 1.77 bits per heavy atom. The van der Waals surface area contributed by atoms with Crippen molar-refractivity contribution in [2.24, 2.45) is 5.14 Å². The highest BCUT2D eigenvalue weighted by Crippen LogP contribution is 2.23. The molecular formula is C18H17N3O3S2. The maximum absolute atomic E-state index is 12.1. The van der Waals surface area contributed by atoms with E-state index in [9.17, 15) is 13.2 Å². The van der Waals surface area contributed by atoms with Gasteiger partial charge >= 0.3 is 0 Å². The van der Waals surface area contributed by atoms with Gasteiger partial charge < -0.3 is 5.32 Å². The van der Waals surface area contributed by atoms with Gasteiger partial charge in [0, 0.05) is 17.5 Å². The highest BCUT2D eigenvalue weighted by molar-refractivity contribution is 7.89. The quantitative estimate of drug-likeness (QED) is 0.677. The number of hydrogen-bond acceptors (Lipinski definition) is 5. The van der Waals surface area contributed by atoms with E-state index in [0.29, 0.717) is 17.2 Å². The molecule has 0 aliphatic rings. The minimum absolute atomic E-state index is 0.0528. The zero-order valence-corrected chi connectivity index (χ0v) is 15.4. The van der Waals surface area contributed by atoms with E-state index >= 15 is 0 Å². The minimum Gasteiger partial charge on any atom is -0.352 e. The van der Waals surface area contributed by atoms with Crippen LogP contribution in [0.3, 0.4) is 0 Å². The first kappa shape index (κ1) is 18.2. The van der Waals surface area contributed by atoms with E-state index in [4.69, 9.17) is 5.14 Å². The molecule has 0 spiro atoms. The molecule has 2 aromatic carbocycles. The van der Waals surface area contributed by atoms with Crippen LogP contribution >= 0.6 is 11.3 Å². The van der Waals surface area contributed by atoms with Crippen LogP contribution in [0.5, 0.6) is 0 Å². The summed E-state index contributed by atoms with van der Waals surface area (Å²) in [4.78, 5) is 16.6. The lowest BCUT2D eigenvalue weighted by atomic mass is 10.2. The summed E-state index contributed by atoms with van der Waals surface area (Å²) in [5.74, 6) is -0.0978. The van der Waals surface area contributed by atoms with Crippen molar-refractivity contribution in [2.45, 2.75) is 17.9 Å². The predicted molar refractivity (Wildman–Crippen MR) is 101 cm³/mol. The van der Waals surface area contributed by atoms with Crippen LogP contribution in [0, 0.1) is 0 Å². The van der Waals surface area contributed by atoms with Crippen molar-refractivity contribution in [1.29, 1.82) is 0 Å². The highest BCUT2D eigenvalue weighted by Gasteiger charge is 2.11. The van der Waals surface area contributed by atoms with Crippen LogP contribution in [-0.2, 0) is 27.8 Å². The smallest absolute Gasteiger partial charge is 0.238 e. The van der Waals surface area contributed by atoms with Gasteiger partial charge in [-0.1, -0.05) is 42.5 Å². The molecular weight excluding hydrogens is 370 g/mol. The minimum atomic E-state index is -3.71. The van der Waals surface area contributed by atoms with E-state index in [2.05, 4.69) is 10.3 Å². The number of nitrogens with two attached hydrogens (primary N) is 1. The molecule has 8 heteroatoms. The second kappa shape index (κ2) is 7.77. The van der Waals surface area contributed by atoms with Gasteiger partial charge in [-0.15, -0.1) is 11.3 Å². The molecule has 0 atom stereocenters. The number of thiazole rings is 1. The number of nitrogens with zero attached hydrogens (tertiary/aromatic N) is 1. The fourth-order valence-corrected chi connectivity index (χ4v) is 3.65. The number of rotatable bonds is 6. The number of aromatic nitrogens is 1. The molecule has 1 amide bonds. The number of hydrogen-bond donors (Lipinski definition) is 2. The van der Waals surface area contributed by atoms with Gasteiger partial charge in [0.05, 0.1) is 17.0 Å². The van der Waals surface area contributed by atoms with Crippen LogP contribution in [0.2, 0.25) is 0 Å². The van der Waals surface area contributed by atoms with Crippen LogP contribution < -0.4 is 10.5 Å². The summed E-state index contributed by atoms with van der Waals surface area (Å²) in [5.41, 5.74) is 2.50. The number of primary sulfonamides is 1. The molecule has 0 unspecified atom stereocenters. The molecule has 6 nitrogen and oxygen atoms in total. The van der Waals surface area contributed by atoms with Gasteiger partial charge in [0.1, 0.15) is 5.01 Å². The van der Waals surface area contributed by atoms with Crippen molar-refractivity contribution in [3.8, 4) is 11.3 Å². The Morgan fingerprint density at radius 1 is 1.08 bits per heavy atom. The second-order valence-corrected chi connectivity index (χ2v) is 8.14. The molecule has 1 aromatic heterocycles. The van der Waals surface area contributed by atoms with E-state index in [-0.39, 0.29) is 17.2 Å². The fourth-order valence-electron chi connectivity index (χ4n) is 2.34. The first-order chi connectivity index (χ1) is 12.4. The van der Waals surface area contributed by atoms with Gasteiger partial charge in [-0.05, 0) is 17.7 Å². The summed E-state index contributed by atoms with van der Waals surface area (Å²) in [6.07, 6.45) is 0.201. The molecule has 3 N–H and O–H groups in total. The van der Waals surface area contributed by atoms with E-state index in [1.807, 2.05) is 35.7 Å². The van der Waals surface area contributed by atoms with Crippen LogP contribution in [0.1, 0.15) is 10.6 Å². The van der Waals surface area contributed by atoms with E-state index in [1.165, 1.54) is 23.5 Å². The molecule has 0 bridgehead atoms. The summed E-state index contributed by atoms with van der Waals surface area (Å²) in [7, 11) is -3.71. The van der Waals surface area contributed by atoms with Crippen molar-refractivity contribution >= 4 is 27.3 Å². The zero-order valence-electron chi connectivity index (χ0n) is 13.8. The van der Waals surface area contributed by atoms with Gasteiger partial charge in [-0.25, -0.2) is 18.5 Å². The predicted octanol–water partition coefficient (Wildman–Crippen LogP) is 2.32. The highest BCUT2D eigenvalue weighted by atomic mass is 32.2. The largest absolute Gasteiger partial charge is 0.352 e. The zero-order chi connectivity index (χ0) is 18.6. The van der Waals surface area contributed by atoms with E-state index in [0.717, 1.165) is 11.1 Å². The van der Waals surface area contributed by atoms with Crippen LogP contribution in [0.4, 0.5) is 0 Å². The Morgan fingerprint density at radius 3 is 2.42 bits per heavy atom. The Kier molecular flexibility index (Phi) is 5.46. The summed E-state index contributed by atoms with van der Waals surface area (Å²) in [6, 6.07) is 15.9. The van der Waals surface area contributed by atoms with Crippen LogP contribution in [0.25, 0.3) is 11.3 Å². The average Bonchev–Trinajstić information content (AvgIpc) is 3.09. The number of sulfonamides is 1. The second-order valence-electron chi connectivity index (χ2n) is 5.63. The lowest BCUT2D eigenvalue weighted by Gasteiger charge is -2.03. The lowest BCUT2D eigenvalue weighted by molar-refractivity contribution is -0.120. The summed E-state index contributed by atoms with van der Waals surface area (Å²) >= 11 is 1.39. The van der Waals surface area contributed by atoms with Crippen molar-refractivity contribution in [1.82, 2.24) is 10.3 Å². The summed E-state index contributed by atoms with van der Waals surface area (Å²) in [6.45, 7) is 0.479. The molecule has 3 aromatic rings. The standard InChI is InChI=1S/C18H17N3O3S2/c19-26(23,24)15-8-6-14(7-9-15)16-12-25-18(21-16)10-17(22)20-11-13-4-2-1-3-5-13/h1-9,12H,10-11H2,(H,20,22)(H2,19,23,24). The average molecular weight is 387 g/mol. The summed E-state index contributed by atoms with van der Waals surface area (Å²) < 4.78 is 22.6. The molecule has 0 fully saturated rings. The third-order valence-electron chi connectivity index (χ3n) is 3.67. The molecule has 0 aliphatic carbocycles. The number of amides is 1.